The van der Waals surface area contributed by atoms with Gasteiger partial charge in [-0.3, -0.25) is 10.1 Å². The molecule has 1 aromatic rings. The van der Waals surface area contributed by atoms with Crippen LogP contribution in [0.15, 0.2) is 18.2 Å². The summed E-state index contributed by atoms with van der Waals surface area (Å²) in [6.07, 6.45) is 2.25. The molecule has 0 saturated carbocycles. The molecule has 0 aromatic heterocycles. The molecule has 1 atom stereocenters. The number of hydrogen-bond acceptors (Lipinski definition) is 4. The molecule has 1 aliphatic heterocycles. The first-order chi connectivity index (χ1) is 8.61. The molecule has 2 rings (SSSR count). The molecular weight excluding hydrogens is 254 g/mol. The Morgan fingerprint density at radius 3 is 2.94 bits per heavy atom. The Balaban J connectivity index is 2.20. The lowest BCUT2D eigenvalue weighted by molar-refractivity contribution is -0.384. The van der Waals surface area contributed by atoms with E-state index in [1.54, 1.807) is 6.07 Å². The van der Waals surface area contributed by atoms with Crippen molar-refractivity contribution in [3.8, 4) is 0 Å². The maximum Gasteiger partial charge on any atom is 0.271 e. The van der Waals surface area contributed by atoms with Gasteiger partial charge in [0.15, 0.2) is 0 Å². The summed E-state index contributed by atoms with van der Waals surface area (Å²) in [7, 11) is 1.95. The van der Waals surface area contributed by atoms with Crippen LogP contribution in [0.5, 0.6) is 0 Å². The highest BCUT2D eigenvalue weighted by Crippen LogP contribution is 2.31. The standard InChI is InChI=1S/C12H16ClN3O2/c1-14-9-3-2-6-15(8-9)12-5-4-10(16(17)18)7-11(12)13/h4-5,7,9,14H,2-3,6,8H2,1H3. The van der Waals surface area contributed by atoms with E-state index in [0.717, 1.165) is 31.6 Å². The molecule has 18 heavy (non-hydrogen) atoms. The number of rotatable bonds is 3. The minimum absolute atomic E-state index is 0.0333. The average Bonchev–Trinajstić information content (AvgIpc) is 2.38. The molecule has 1 heterocycles. The smallest absolute Gasteiger partial charge is 0.271 e. The number of non-ortho nitro benzene ring substituents is 1. The van der Waals surface area contributed by atoms with E-state index >= 15 is 0 Å². The molecule has 98 valence electrons. The number of nitro groups is 1. The number of likely N-dealkylation sites (N-methyl/N-ethyl adjacent to an activating group) is 1. The van der Waals surface area contributed by atoms with Crippen molar-refractivity contribution in [2.24, 2.45) is 0 Å². The lowest BCUT2D eigenvalue weighted by atomic mass is 10.1. The summed E-state index contributed by atoms with van der Waals surface area (Å²) in [6, 6.07) is 5.10. The van der Waals surface area contributed by atoms with E-state index in [4.69, 9.17) is 11.6 Å². The van der Waals surface area contributed by atoms with Gasteiger partial charge in [0.25, 0.3) is 5.69 Å². The minimum atomic E-state index is -0.428. The van der Waals surface area contributed by atoms with Gasteiger partial charge in [-0.15, -0.1) is 0 Å². The molecule has 5 nitrogen and oxygen atoms in total. The highest BCUT2D eigenvalue weighted by Gasteiger charge is 2.21. The molecule has 1 aromatic carbocycles. The summed E-state index contributed by atoms with van der Waals surface area (Å²) in [4.78, 5) is 12.4. The average molecular weight is 270 g/mol. The Labute approximate surface area is 111 Å². The van der Waals surface area contributed by atoms with Gasteiger partial charge in [-0.05, 0) is 26.0 Å². The molecule has 1 fully saturated rings. The van der Waals surface area contributed by atoms with Gasteiger partial charge >= 0.3 is 0 Å². The second kappa shape index (κ2) is 5.54. The maximum absolute atomic E-state index is 10.7. The topological polar surface area (TPSA) is 58.4 Å². The van der Waals surface area contributed by atoms with Gasteiger partial charge in [0.05, 0.1) is 15.6 Å². The van der Waals surface area contributed by atoms with Crippen LogP contribution >= 0.6 is 11.6 Å². The molecule has 1 N–H and O–H groups in total. The first kappa shape index (κ1) is 13.1. The summed E-state index contributed by atoms with van der Waals surface area (Å²) in [5.41, 5.74) is 0.910. The number of piperidine rings is 1. The van der Waals surface area contributed by atoms with E-state index in [-0.39, 0.29) is 5.69 Å². The van der Waals surface area contributed by atoms with Crippen LogP contribution in [0.3, 0.4) is 0 Å². The number of anilines is 1. The van der Waals surface area contributed by atoms with Gasteiger partial charge in [-0.1, -0.05) is 11.6 Å². The van der Waals surface area contributed by atoms with E-state index in [2.05, 4.69) is 10.2 Å². The molecule has 6 heteroatoms. The third-order valence-electron chi connectivity index (χ3n) is 3.31. The fraction of sp³-hybridized carbons (Fsp3) is 0.500. The fourth-order valence-electron chi connectivity index (χ4n) is 2.30. The number of nitrogens with zero attached hydrogens (tertiary/aromatic N) is 2. The second-order valence-electron chi connectivity index (χ2n) is 4.47. The normalized spacial score (nSPS) is 19.9. The maximum atomic E-state index is 10.7. The number of halogens is 1. The summed E-state index contributed by atoms with van der Waals surface area (Å²) in [5.74, 6) is 0. The SMILES string of the molecule is CNC1CCCN(c2ccc([N+](=O)[O-])cc2Cl)C1. The van der Waals surface area contributed by atoms with Gasteiger partial charge < -0.3 is 10.2 Å². The van der Waals surface area contributed by atoms with Gasteiger partial charge in [0, 0.05) is 31.3 Å². The van der Waals surface area contributed by atoms with Crippen molar-refractivity contribution in [3.63, 3.8) is 0 Å². The molecule has 1 unspecified atom stereocenters. The Kier molecular flexibility index (Phi) is 4.04. The Morgan fingerprint density at radius 2 is 2.33 bits per heavy atom. The molecule has 1 saturated heterocycles. The molecule has 0 aliphatic carbocycles. The van der Waals surface area contributed by atoms with Crippen molar-refractivity contribution in [2.75, 3.05) is 25.0 Å². The van der Waals surface area contributed by atoms with Crippen molar-refractivity contribution >= 4 is 23.0 Å². The zero-order valence-electron chi connectivity index (χ0n) is 10.2. The monoisotopic (exact) mass is 269 g/mol. The van der Waals surface area contributed by atoms with Crippen LogP contribution in [0, 0.1) is 10.1 Å². The van der Waals surface area contributed by atoms with Crippen molar-refractivity contribution in [2.45, 2.75) is 18.9 Å². The van der Waals surface area contributed by atoms with Crippen LogP contribution < -0.4 is 10.2 Å². The van der Waals surface area contributed by atoms with E-state index in [1.807, 2.05) is 7.05 Å². The number of hydrogen-bond donors (Lipinski definition) is 1. The third-order valence-corrected chi connectivity index (χ3v) is 3.62. The highest BCUT2D eigenvalue weighted by atomic mass is 35.5. The molecule has 1 aliphatic rings. The quantitative estimate of drug-likeness (QED) is 0.676. The van der Waals surface area contributed by atoms with Crippen LogP contribution in [-0.2, 0) is 0 Å². The van der Waals surface area contributed by atoms with Crippen molar-refractivity contribution in [1.82, 2.24) is 5.32 Å². The van der Waals surface area contributed by atoms with E-state index in [1.165, 1.54) is 12.1 Å². The van der Waals surface area contributed by atoms with Crippen molar-refractivity contribution in [1.29, 1.82) is 0 Å². The summed E-state index contributed by atoms with van der Waals surface area (Å²) < 4.78 is 0. The predicted molar refractivity (Wildman–Crippen MR) is 72.4 cm³/mol. The van der Waals surface area contributed by atoms with Gasteiger partial charge in [0.1, 0.15) is 0 Å². The summed E-state index contributed by atoms with van der Waals surface area (Å²) in [6.45, 7) is 1.82. The number of nitro benzene ring substituents is 1. The first-order valence-corrected chi connectivity index (χ1v) is 6.35. The van der Waals surface area contributed by atoms with Crippen molar-refractivity contribution < 1.29 is 4.92 Å². The van der Waals surface area contributed by atoms with Gasteiger partial charge in [-0.25, -0.2) is 0 Å². The van der Waals surface area contributed by atoms with Crippen LogP contribution in [0.1, 0.15) is 12.8 Å². The lowest BCUT2D eigenvalue weighted by Gasteiger charge is -2.34. The van der Waals surface area contributed by atoms with Crippen LogP contribution in [-0.4, -0.2) is 31.1 Å². The number of nitrogens with one attached hydrogen (secondary N) is 1. The predicted octanol–water partition coefficient (Wildman–Crippen LogP) is 2.44. The Bertz CT molecular complexity index is 453. The molecule has 0 bridgehead atoms. The van der Waals surface area contributed by atoms with Crippen LogP contribution in [0.4, 0.5) is 11.4 Å². The minimum Gasteiger partial charge on any atom is -0.369 e. The zero-order chi connectivity index (χ0) is 13.1. The summed E-state index contributed by atoms with van der Waals surface area (Å²) in [5, 5.41) is 14.4. The fourth-order valence-corrected chi connectivity index (χ4v) is 2.59. The number of benzene rings is 1. The zero-order valence-corrected chi connectivity index (χ0v) is 11.0. The summed E-state index contributed by atoms with van der Waals surface area (Å²) >= 11 is 6.13. The molecular formula is C12H16ClN3O2. The van der Waals surface area contributed by atoms with E-state index < -0.39 is 4.92 Å². The Morgan fingerprint density at radius 1 is 1.56 bits per heavy atom. The van der Waals surface area contributed by atoms with E-state index in [0.29, 0.717) is 11.1 Å². The van der Waals surface area contributed by atoms with Crippen LogP contribution in [0.25, 0.3) is 0 Å². The second-order valence-corrected chi connectivity index (χ2v) is 4.87. The van der Waals surface area contributed by atoms with E-state index in [9.17, 15) is 10.1 Å². The van der Waals surface area contributed by atoms with Crippen molar-refractivity contribution in [3.05, 3.63) is 33.3 Å². The molecule has 0 amide bonds. The highest BCUT2D eigenvalue weighted by molar-refractivity contribution is 6.33. The lowest BCUT2D eigenvalue weighted by Crippen LogP contribution is -2.44. The molecule has 0 spiro atoms. The largest absolute Gasteiger partial charge is 0.369 e. The van der Waals surface area contributed by atoms with Gasteiger partial charge in [-0.2, -0.15) is 0 Å². The Hall–Kier alpha value is -1.33. The van der Waals surface area contributed by atoms with Crippen LogP contribution in [0.2, 0.25) is 5.02 Å². The molecule has 0 radical (unpaired) electrons. The van der Waals surface area contributed by atoms with Gasteiger partial charge in [0.2, 0.25) is 0 Å². The third kappa shape index (κ3) is 2.73. The first-order valence-electron chi connectivity index (χ1n) is 5.98.